The van der Waals surface area contributed by atoms with Gasteiger partial charge < -0.3 is 15.1 Å². The Morgan fingerprint density at radius 1 is 1.03 bits per heavy atom. The van der Waals surface area contributed by atoms with Gasteiger partial charge in [0.15, 0.2) is 5.13 Å². The van der Waals surface area contributed by atoms with Crippen LogP contribution in [0.1, 0.15) is 0 Å². The molecule has 168 valence electrons. The van der Waals surface area contributed by atoms with Crippen molar-refractivity contribution in [3.05, 3.63) is 66.7 Å². The number of nitrogens with one attached hydrogen (secondary N) is 1. The minimum absolute atomic E-state index is 0.127. The highest BCUT2D eigenvalue weighted by Gasteiger charge is 2.20. The fourth-order valence-corrected chi connectivity index (χ4v) is 5.23. The number of carbonyl (C=O) groups excluding carboxylic acids is 1. The molecule has 10 heteroatoms. The maximum atomic E-state index is 14.1. The van der Waals surface area contributed by atoms with Crippen molar-refractivity contribution >= 4 is 55.9 Å². The quantitative estimate of drug-likeness (QED) is 0.326. The molecule has 1 saturated heterocycles. The summed E-state index contributed by atoms with van der Waals surface area (Å²) in [5.41, 5.74) is 1.51. The van der Waals surface area contributed by atoms with E-state index < -0.39 is 0 Å². The molecule has 3 heterocycles. The summed E-state index contributed by atoms with van der Waals surface area (Å²) in [6, 6.07) is 16.5. The standard InChI is InChI=1S/C23H21FN6OS2/c24-16-5-1-3-7-18(16)29-9-11-30(12-10-29)20-13-22(26-15-25-20)32-14-21(31)28-23-27-17-6-2-4-8-19(17)33-23/h1-8,13,15H,9-12,14H2,(H,27,28,31). The van der Waals surface area contributed by atoms with E-state index >= 15 is 0 Å². The third-order valence-corrected chi connectivity index (χ3v) is 7.19. The van der Waals surface area contributed by atoms with E-state index in [4.69, 9.17) is 0 Å². The number of aromatic nitrogens is 3. The van der Waals surface area contributed by atoms with Crippen molar-refractivity contribution in [1.82, 2.24) is 15.0 Å². The van der Waals surface area contributed by atoms with Gasteiger partial charge in [0.25, 0.3) is 0 Å². The summed E-state index contributed by atoms with van der Waals surface area (Å²) in [7, 11) is 0. The molecule has 1 aliphatic heterocycles. The molecule has 2 aromatic heterocycles. The number of hydrogen-bond donors (Lipinski definition) is 1. The van der Waals surface area contributed by atoms with Crippen LogP contribution in [0.3, 0.4) is 0 Å². The predicted molar refractivity (Wildman–Crippen MR) is 132 cm³/mol. The first-order valence-corrected chi connectivity index (χ1v) is 12.3. The fraction of sp³-hybridized carbons (Fsp3) is 0.217. The number of rotatable bonds is 6. The number of para-hydroxylation sites is 2. The molecule has 0 atom stereocenters. The van der Waals surface area contributed by atoms with Crippen LogP contribution in [0.25, 0.3) is 10.2 Å². The lowest BCUT2D eigenvalue weighted by atomic mass is 10.2. The van der Waals surface area contributed by atoms with E-state index in [1.54, 1.807) is 6.07 Å². The second-order valence-electron chi connectivity index (χ2n) is 7.46. The molecule has 7 nitrogen and oxygen atoms in total. The molecule has 0 aliphatic carbocycles. The third kappa shape index (κ3) is 5.07. The zero-order valence-electron chi connectivity index (χ0n) is 17.6. The van der Waals surface area contributed by atoms with Crippen LogP contribution < -0.4 is 15.1 Å². The number of hydrogen-bond acceptors (Lipinski definition) is 8. The molecule has 0 unspecified atom stereocenters. The smallest absolute Gasteiger partial charge is 0.236 e. The molecule has 33 heavy (non-hydrogen) atoms. The molecular weight excluding hydrogens is 459 g/mol. The molecule has 1 aliphatic rings. The van der Waals surface area contributed by atoms with Crippen molar-refractivity contribution in [3.8, 4) is 0 Å². The van der Waals surface area contributed by atoms with Crippen molar-refractivity contribution in [2.75, 3.05) is 47.0 Å². The van der Waals surface area contributed by atoms with Crippen LogP contribution in [0.5, 0.6) is 0 Å². The first-order chi connectivity index (χ1) is 16.2. The van der Waals surface area contributed by atoms with E-state index in [0.717, 1.165) is 34.1 Å². The summed E-state index contributed by atoms with van der Waals surface area (Å²) in [4.78, 5) is 29.7. The van der Waals surface area contributed by atoms with Gasteiger partial charge in [0.2, 0.25) is 5.91 Å². The summed E-state index contributed by atoms with van der Waals surface area (Å²) in [6.07, 6.45) is 1.52. The first-order valence-electron chi connectivity index (χ1n) is 10.5. The van der Waals surface area contributed by atoms with Crippen molar-refractivity contribution in [2.45, 2.75) is 5.03 Å². The highest BCUT2D eigenvalue weighted by Crippen LogP contribution is 2.27. The molecule has 1 N–H and O–H groups in total. The van der Waals surface area contributed by atoms with E-state index in [1.807, 2.05) is 42.5 Å². The first kappa shape index (κ1) is 21.6. The summed E-state index contributed by atoms with van der Waals surface area (Å²) >= 11 is 2.82. The molecule has 0 saturated carbocycles. The van der Waals surface area contributed by atoms with E-state index in [1.165, 1.54) is 35.5 Å². The Bertz CT molecular complexity index is 1240. The number of fused-ring (bicyclic) bond motifs is 1. The predicted octanol–water partition coefficient (Wildman–Crippen LogP) is 4.28. The Kier molecular flexibility index (Phi) is 6.36. The largest absolute Gasteiger partial charge is 0.366 e. The minimum Gasteiger partial charge on any atom is -0.366 e. The molecule has 0 spiro atoms. The summed E-state index contributed by atoms with van der Waals surface area (Å²) < 4.78 is 15.1. The lowest BCUT2D eigenvalue weighted by Crippen LogP contribution is -2.47. The molecule has 2 aromatic carbocycles. The lowest BCUT2D eigenvalue weighted by molar-refractivity contribution is -0.113. The minimum atomic E-state index is -0.198. The van der Waals surface area contributed by atoms with Gasteiger partial charge in [-0.15, -0.1) is 0 Å². The molecular formula is C23H21FN6OS2. The molecule has 1 fully saturated rings. The number of thioether (sulfide) groups is 1. The number of anilines is 3. The van der Waals surface area contributed by atoms with E-state index in [9.17, 15) is 9.18 Å². The molecule has 0 radical (unpaired) electrons. The number of thiazole rings is 1. The average molecular weight is 481 g/mol. The van der Waals surface area contributed by atoms with Gasteiger partial charge in [-0.3, -0.25) is 4.79 Å². The van der Waals surface area contributed by atoms with Gasteiger partial charge in [0, 0.05) is 32.2 Å². The van der Waals surface area contributed by atoms with Crippen molar-refractivity contribution in [1.29, 1.82) is 0 Å². The van der Waals surface area contributed by atoms with Crippen molar-refractivity contribution in [2.24, 2.45) is 0 Å². The number of amides is 1. The van der Waals surface area contributed by atoms with Crippen LogP contribution in [0.2, 0.25) is 0 Å². The van der Waals surface area contributed by atoms with Gasteiger partial charge in [-0.05, 0) is 24.3 Å². The van der Waals surface area contributed by atoms with Crippen molar-refractivity contribution in [3.63, 3.8) is 0 Å². The van der Waals surface area contributed by atoms with Crippen LogP contribution in [-0.2, 0) is 4.79 Å². The normalized spacial score (nSPS) is 14.0. The zero-order chi connectivity index (χ0) is 22.6. The highest BCUT2D eigenvalue weighted by atomic mass is 32.2. The number of carbonyl (C=O) groups is 1. The number of benzene rings is 2. The van der Waals surface area contributed by atoms with E-state index in [-0.39, 0.29) is 17.5 Å². The maximum Gasteiger partial charge on any atom is 0.236 e. The topological polar surface area (TPSA) is 74.2 Å². The van der Waals surface area contributed by atoms with Gasteiger partial charge >= 0.3 is 0 Å². The molecule has 4 aromatic rings. The van der Waals surface area contributed by atoms with E-state index in [0.29, 0.717) is 23.9 Å². The highest BCUT2D eigenvalue weighted by molar-refractivity contribution is 7.99. The molecule has 5 rings (SSSR count). The number of piperazine rings is 1. The maximum absolute atomic E-state index is 14.1. The van der Waals surface area contributed by atoms with Crippen molar-refractivity contribution < 1.29 is 9.18 Å². The zero-order valence-corrected chi connectivity index (χ0v) is 19.3. The Morgan fingerprint density at radius 3 is 2.61 bits per heavy atom. The monoisotopic (exact) mass is 480 g/mol. The average Bonchev–Trinajstić information content (AvgIpc) is 3.26. The third-order valence-electron chi connectivity index (χ3n) is 5.32. The fourth-order valence-electron chi connectivity index (χ4n) is 3.69. The number of nitrogens with zero attached hydrogens (tertiary/aromatic N) is 5. The number of halogens is 1. The van der Waals surface area contributed by atoms with Crippen LogP contribution in [0, 0.1) is 5.82 Å². The van der Waals surface area contributed by atoms with Gasteiger partial charge in [-0.25, -0.2) is 19.3 Å². The Morgan fingerprint density at radius 2 is 1.79 bits per heavy atom. The van der Waals surface area contributed by atoms with Crippen LogP contribution in [0.4, 0.5) is 21.0 Å². The van der Waals surface area contributed by atoms with Gasteiger partial charge in [-0.2, -0.15) is 0 Å². The summed E-state index contributed by atoms with van der Waals surface area (Å²) in [6.45, 7) is 2.87. The van der Waals surface area contributed by atoms with Gasteiger partial charge in [-0.1, -0.05) is 47.4 Å². The van der Waals surface area contributed by atoms with Crippen LogP contribution in [0.15, 0.2) is 66.0 Å². The van der Waals surface area contributed by atoms with Gasteiger partial charge in [0.1, 0.15) is 23.0 Å². The van der Waals surface area contributed by atoms with Gasteiger partial charge in [0.05, 0.1) is 21.7 Å². The lowest BCUT2D eigenvalue weighted by Gasteiger charge is -2.36. The Balaban J connectivity index is 1.16. The Hall–Kier alpha value is -3.24. The second-order valence-corrected chi connectivity index (χ2v) is 9.49. The molecule has 1 amide bonds. The summed E-state index contributed by atoms with van der Waals surface area (Å²) in [5, 5.41) is 4.19. The summed E-state index contributed by atoms with van der Waals surface area (Å²) in [5.74, 6) is 0.716. The molecule has 0 bridgehead atoms. The van der Waals surface area contributed by atoms with Crippen LogP contribution in [-0.4, -0.2) is 52.8 Å². The van der Waals surface area contributed by atoms with Crippen LogP contribution >= 0.6 is 23.1 Å². The Labute approximate surface area is 198 Å². The SMILES string of the molecule is O=C(CSc1cc(N2CCN(c3ccccc3F)CC2)ncn1)Nc1nc2ccccc2s1. The van der Waals surface area contributed by atoms with E-state index in [2.05, 4.69) is 30.1 Å². The second kappa shape index (κ2) is 9.72.